The Balaban J connectivity index is 2.38. The van der Waals surface area contributed by atoms with E-state index >= 15 is 0 Å². The van der Waals surface area contributed by atoms with Crippen LogP contribution in [-0.2, 0) is 0 Å². The summed E-state index contributed by atoms with van der Waals surface area (Å²) < 4.78 is 0. The number of rotatable bonds is 1. The first-order valence-corrected chi connectivity index (χ1v) is 6.30. The number of nitrogens with zero attached hydrogens (tertiary/aromatic N) is 1. The van der Waals surface area contributed by atoms with Gasteiger partial charge in [-0.15, -0.1) is 0 Å². The van der Waals surface area contributed by atoms with Crippen molar-refractivity contribution in [2.45, 2.75) is 13.8 Å². The normalized spacial score (nSPS) is 13.2. The van der Waals surface area contributed by atoms with Crippen LogP contribution in [-0.4, -0.2) is 0 Å². The summed E-state index contributed by atoms with van der Waals surface area (Å²) in [6.45, 7) is 4.40. The fraction of sp³-hybridized carbons (Fsp3) is 0.188. The summed E-state index contributed by atoms with van der Waals surface area (Å²) >= 11 is 0. The van der Waals surface area contributed by atoms with E-state index in [1.807, 2.05) is 24.3 Å². The maximum absolute atomic E-state index is 4.75. The number of benzene rings is 2. The predicted octanol–water partition coefficient (Wildman–Crippen LogP) is 2.83. The molecule has 18 heavy (non-hydrogen) atoms. The fourth-order valence-corrected chi connectivity index (χ4v) is 2.27. The van der Waals surface area contributed by atoms with Crippen LogP contribution < -0.4 is 15.9 Å². The quantitative estimate of drug-likeness (QED) is 0.809. The minimum atomic E-state index is 0.438. The Morgan fingerprint density at radius 3 is 2.50 bits per heavy atom. The zero-order chi connectivity index (χ0) is 12.5. The third-order valence-electron chi connectivity index (χ3n) is 3.19. The average molecular weight is 236 g/mol. The molecular formula is C16H16N2. The molecule has 0 aromatic heterocycles. The fourth-order valence-electron chi connectivity index (χ4n) is 2.27. The molecule has 2 aromatic carbocycles. The van der Waals surface area contributed by atoms with Gasteiger partial charge in [-0.25, -0.2) is 4.99 Å². The maximum atomic E-state index is 4.75. The van der Waals surface area contributed by atoms with E-state index in [1.165, 1.54) is 10.9 Å². The van der Waals surface area contributed by atoms with Gasteiger partial charge in [-0.2, -0.15) is 0 Å². The summed E-state index contributed by atoms with van der Waals surface area (Å²) in [6, 6.07) is 16.5. The first kappa shape index (κ1) is 11.0. The van der Waals surface area contributed by atoms with Gasteiger partial charge >= 0.3 is 0 Å². The Bertz CT molecular complexity index is 699. The molecule has 0 fully saturated rings. The first-order valence-electron chi connectivity index (χ1n) is 6.30. The molecule has 0 unspecified atom stereocenters. The number of hydrogen-bond acceptors (Lipinski definition) is 2. The van der Waals surface area contributed by atoms with E-state index in [0.717, 1.165) is 16.7 Å². The highest BCUT2D eigenvalue weighted by Gasteiger charge is 2.11. The van der Waals surface area contributed by atoms with Crippen molar-refractivity contribution in [3.05, 3.63) is 59.1 Å². The van der Waals surface area contributed by atoms with Crippen LogP contribution in [0, 0.1) is 5.92 Å². The van der Waals surface area contributed by atoms with Gasteiger partial charge in [0.1, 0.15) is 0 Å². The minimum absolute atomic E-state index is 0.438. The molecule has 0 atom stereocenters. The highest BCUT2D eigenvalue weighted by Crippen LogP contribution is 2.27. The van der Waals surface area contributed by atoms with Crippen molar-refractivity contribution >= 4 is 17.1 Å². The zero-order valence-corrected chi connectivity index (χ0v) is 10.6. The van der Waals surface area contributed by atoms with Crippen molar-refractivity contribution in [1.29, 1.82) is 0 Å². The molecule has 3 rings (SSSR count). The van der Waals surface area contributed by atoms with Crippen LogP contribution in [0.4, 0.5) is 11.4 Å². The Morgan fingerprint density at radius 2 is 1.67 bits per heavy atom. The second-order valence-electron chi connectivity index (χ2n) is 4.84. The van der Waals surface area contributed by atoms with E-state index in [-0.39, 0.29) is 0 Å². The summed E-state index contributed by atoms with van der Waals surface area (Å²) in [6.07, 6.45) is 0. The summed E-state index contributed by atoms with van der Waals surface area (Å²) in [7, 11) is 0. The molecular weight excluding hydrogens is 220 g/mol. The van der Waals surface area contributed by atoms with Crippen LogP contribution in [0.25, 0.3) is 5.70 Å². The standard InChI is InChI=1S/C16H16N2/c1-11(2)16-12-7-3-4-8-13(12)17-14-9-5-6-10-15(14)18-16/h3-11,18H,1-2H3. The van der Waals surface area contributed by atoms with Crippen molar-refractivity contribution in [2.75, 3.05) is 5.32 Å². The molecule has 0 saturated carbocycles. The Morgan fingerprint density at radius 1 is 0.944 bits per heavy atom. The number of anilines is 1. The lowest BCUT2D eigenvalue weighted by atomic mass is 10.1. The van der Waals surface area contributed by atoms with Gasteiger partial charge in [0.2, 0.25) is 0 Å². The van der Waals surface area contributed by atoms with Gasteiger partial charge in [0.25, 0.3) is 0 Å². The molecule has 1 N–H and O–H groups in total. The lowest BCUT2D eigenvalue weighted by molar-refractivity contribution is 0.844. The van der Waals surface area contributed by atoms with Crippen molar-refractivity contribution < 1.29 is 0 Å². The zero-order valence-electron chi connectivity index (χ0n) is 10.6. The highest BCUT2D eigenvalue weighted by molar-refractivity contribution is 5.76. The van der Waals surface area contributed by atoms with Gasteiger partial charge in [0, 0.05) is 10.9 Å². The molecule has 2 nitrogen and oxygen atoms in total. The molecule has 1 aliphatic heterocycles. The lowest BCUT2D eigenvalue weighted by Gasteiger charge is -2.14. The highest BCUT2D eigenvalue weighted by atomic mass is 14.9. The number of nitrogens with one attached hydrogen (secondary N) is 1. The average Bonchev–Trinajstić information content (AvgIpc) is 2.55. The third kappa shape index (κ3) is 1.80. The van der Waals surface area contributed by atoms with Crippen LogP contribution >= 0.6 is 0 Å². The van der Waals surface area contributed by atoms with E-state index in [9.17, 15) is 0 Å². The molecule has 2 heteroatoms. The van der Waals surface area contributed by atoms with Gasteiger partial charge in [0.15, 0.2) is 0 Å². The van der Waals surface area contributed by atoms with Crippen LogP contribution in [0.5, 0.6) is 0 Å². The maximum Gasteiger partial charge on any atom is 0.0871 e. The molecule has 0 bridgehead atoms. The van der Waals surface area contributed by atoms with Crippen LogP contribution in [0.2, 0.25) is 0 Å². The van der Waals surface area contributed by atoms with E-state index in [2.05, 4.69) is 43.4 Å². The van der Waals surface area contributed by atoms with Gasteiger partial charge in [-0.1, -0.05) is 44.2 Å². The van der Waals surface area contributed by atoms with Crippen molar-refractivity contribution in [2.24, 2.45) is 10.9 Å². The SMILES string of the molecule is CC(C)C1=c2ccccc2=Nc2ccccc2N1. The predicted molar refractivity (Wildman–Crippen MR) is 75.2 cm³/mol. The van der Waals surface area contributed by atoms with Gasteiger partial charge in [0.05, 0.1) is 16.7 Å². The second kappa shape index (κ2) is 4.30. The molecule has 1 heterocycles. The summed E-state index contributed by atoms with van der Waals surface area (Å²) in [4.78, 5) is 4.75. The van der Waals surface area contributed by atoms with E-state index in [4.69, 9.17) is 4.99 Å². The summed E-state index contributed by atoms with van der Waals surface area (Å²) in [5.74, 6) is 0.438. The topological polar surface area (TPSA) is 24.4 Å². The second-order valence-corrected chi connectivity index (χ2v) is 4.84. The third-order valence-corrected chi connectivity index (χ3v) is 3.19. The molecule has 90 valence electrons. The molecule has 0 spiro atoms. The van der Waals surface area contributed by atoms with E-state index in [1.54, 1.807) is 0 Å². The van der Waals surface area contributed by atoms with Crippen LogP contribution in [0.1, 0.15) is 13.8 Å². The monoisotopic (exact) mass is 236 g/mol. The summed E-state index contributed by atoms with van der Waals surface area (Å²) in [5.41, 5.74) is 3.32. The Hall–Kier alpha value is -2.09. The van der Waals surface area contributed by atoms with E-state index < -0.39 is 0 Å². The molecule has 0 saturated heterocycles. The Kier molecular flexibility index (Phi) is 2.63. The van der Waals surface area contributed by atoms with Crippen molar-refractivity contribution in [3.63, 3.8) is 0 Å². The minimum Gasteiger partial charge on any atom is -0.356 e. The molecule has 0 radical (unpaired) electrons. The van der Waals surface area contributed by atoms with Crippen molar-refractivity contribution in [1.82, 2.24) is 0 Å². The van der Waals surface area contributed by atoms with Crippen LogP contribution in [0.3, 0.4) is 0 Å². The van der Waals surface area contributed by atoms with E-state index in [0.29, 0.717) is 5.92 Å². The molecule has 0 aliphatic carbocycles. The number of para-hydroxylation sites is 3. The number of hydrogen-bond donors (Lipinski definition) is 1. The Labute approximate surface area is 107 Å². The van der Waals surface area contributed by atoms with Gasteiger partial charge in [-0.05, 0) is 24.1 Å². The number of fused-ring (bicyclic) bond motifs is 2. The largest absolute Gasteiger partial charge is 0.356 e. The molecule has 0 amide bonds. The molecule has 1 aliphatic rings. The van der Waals surface area contributed by atoms with Gasteiger partial charge in [-0.3, -0.25) is 0 Å². The van der Waals surface area contributed by atoms with Gasteiger partial charge < -0.3 is 5.32 Å². The lowest BCUT2D eigenvalue weighted by Crippen LogP contribution is -2.29. The smallest absolute Gasteiger partial charge is 0.0871 e. The van der Waals surface area contributed by atoms with Crippen molar-refractivity contribution in [3.8, 4) is 0 Å². The van der Waals surface area contributed by atoms with Crippen LogP contribution in [0.15, 0.2) is 53.5 Å². The summed E-state index contributed by atoms with van der Waals surface area (Å²) in [5, 5.41) is 5.78. The first-order chi connectivity index (χ1) is 8.75. The molecule has 2 aromatic rings.